The van der Waals surface area contributed by atoms with Gasteiger partial charge in [0, 0.05) is 0 Å². The van der Waals surface area contributed by atoms with Crippen LogP contribution < -0.4 is 16.5 Å². The maximum Gasteiger partial charge on any atom is 0.326 e. The molecule has 0 aliphatic carbocycles. The normalized spacial score (nSPS) is 12.9. The van der Waals surface area contributed by atoms with Crippen molar-refractivity contribution in [3.05, 3.63) is 35.9 Å². The minimum absolute atomic E-state index is 0.110. The van der Waals surface area contributed by atoms with Crippen molar-refractivity contribution >= 4 is 23.7 Å². The molecule has 0 radical (unpaired) electrons. The lowest BCUT2D eigenvalue weighted by Crippen LogP contribution is -2.50. The van der Waals surface area contributed by atoms with E-state index < -0.39 is 48.0 Å². The van der Waals surface area contributed by atoms with Gasteiger partial charge in [-0.15, -0.1) is 0 Å². The average Bonchev–Trinajstić information content (AvgIpc) is 2.54. The molecule has 26 heavy (non-hydrogen) atoms. The molecule has 0 heterocycles. The Morgan fingerprint density at radius 2 is 1.73 bits per heavy atom. The fourth-order valence-corrected chi connectivity index (χ4v) is 2.22. The van der Waals surface area contributed by atoms with Crippen molar-refractivity contribution in [2.45, 2.75) is 32.9 Å². The van der Waals surface area contributed by atoms with E-state index in [1.165, 1.54) is 0 Å². The molecule has 0 aliphatic rings. The average molecular weight is 365 g/mol. The van der Waals surface area contributed by atoms with Crippen LogP contribution in [0.15, 0.2) is 30.3 Å². The Morgan fingerprint density at radius 3 is 2.23 bits per heavy atom. The van der Waals surface area contributed by atoms with Gasteiger partial charge < -0.3 is 16.2 Å². The summed E-state index contributed by atoms with van der Waals surface area (Å²) in [5, 5.41) is 11.2. The Labute approximate surface area is 150 Å². The van der Waals surface area contributed by atoms with Crippen LogP contribution in [0.4, 0.5) is 0 Å². The number of aliphatic carboxylic acids is 1. The molecule has 0 saturated heterocycles. The highest BCUT2D eigenvalue weighted by Gasteiger charge is 2.33. The van der Waals surface area contributed by atoms with Gasteiger partial charge in [0.15, 0.2) is 0 Å². The van der Waals surface area contributed by atoms with Crippen LogP contribution in [0.25, 0.3) is 0 Å². The van der Waals surface area contributed by atoms with Gasteiger partial charge in [-0.25, -0.2) is 10.3 Å². The molecule has 0 bridgehead atoms. The van der Waals surface area contributed by atoms with Crippen molar-refractivity contribution in [2.75, 3.05) is 0 Å². The van der Waals surface area contributed by atoms with Crippen LogP contribution in [0.2, 0.25) is 0 Å². The summed E-state index contributed by atoms with van der Waals surface area (Å²) in [5.41, 5.74) is 7.99. The number of benzene rings is 1. The third-order valence-corrected chi connectivity index (χ3v) is 3.51. The number of primary amides is 1. The lowest BCUT2D eigenvalue weighted by Gasteiger charge is -2.21. The van der Waals surface area contributed by atoms with E-state index in [2.05, 4.69) is 10.8 Å². The quantitative estimate of drug-likeness (QED) is 0.337. The zero-order chi connectivity index (χ0) is 19.7. The summed E-state index contributed by atoms with van der Waals surface area (Å²) in [7, 11) is 0. The summed E-state index contributed by atoms with van der Waals surface area (Å²) in [6.07, 6.45) is -0.571. The first-order chi connectivity index (χ1) is 12.2. The second-order valence-electron chi connectivity index (χ2n) is 6.03. The Morgan fingerprint density at radius 1 is 1.12 bits per heavy atom. The third kappa shape index (κ3) is 6.89. The summed E-state index contributed by atoms with van der Waals surface area (Å²) in [5.74, 6) is -5.46. The van der Waals surface area contributed by atoms with Crippen LogP contribution >= 0.6 is 0 Å². The molecular formula is C17H23N3O6. The molecule has 1 aromatic carbocycles. The van der Waals surface area contributed by atoms with Crippen molar-refractivity contribution < 1.29 is 29.1 Å². The second kappa shape index (κ2) is 10.1. The summed E-state index contributed by atoms with van der Waals surface area (Å²) in [6.45, 7) is 3.37. The number of amides is 3. The number of nitrogens with one attached hydrogen (secondary N) is 2. The van der Waals surface area contributed by atoms with Gasteiger partial charge in [-0.3, -0.25) is 19.2 Å². The Bertz CT molecular complexity index is 647. The number of hydrogen-bond acceptors (Lipinski definition) is 5. The van der Waals surface area contributed by atoms with E-state index in [1.807, 2.05) is 18.2 Å². The lowest BCUT2D eigenvalue weighted by atomic mass is 9.93. The minimum atomic E-state index is -1.50. The smallest absolute Gasteiger partial charge is 0.326 e. The molecule has 0 fully saturated rings. The van der Waals surface area contributed by atoms with Gasteiger partial charge in [-0.1, -0.05) is 44.2 Å². The van der Waals surface area contributed by atoms with Gasteiger partial charge in [-0.2, -0.15) is 0 Å². The molecule has 142 valence electrons. The highest BCUT2D eigenvalue weighted by molar-refractivity contribution is 6.01. The number of carbonyl (C=O) groups excluding carboxylic acids is 3. The van der Waals surface area contributed by atoms with E-state index in [1.54, 1.807) is 26.0 Å². The van der Waals surface area contributed by atoms with E-state index >= 15 is 0 Å². The summed E-state index contributed by atoms with van der Waals surface area (Å²) in [4.78, 5) is 51.7. The van der Waals surface area contributed by atoms with E-state index in [9.17, 15) is 19.2 Å². The van der Waals surface area contributed by atoms with E-state index in [0.717, 1.165) is 5.56 Å². The van der Waals surface area contributed by atoms with Gasteiger partial charge in [0.25, 0.3) is 5.91 Å². The maximum atomic E-state index is 12.3. The van der Waals surface area contributed by atoms with Crippen LogP contribution in [-0.4, -0.2) is 34.8 Å². The Kier molecular flexibility index (Phi) is 8.23. The zero-order valence-electron chi connectivity index (χ0n) is 14.6. The van der Waals surface area contributed by atoms with Crippen LogP contribution in [0.1, 0.15) is 25.8 Å². The molecule has 9 heteroatoms. The first-order valence-electron chi connectivity index (χ1n) is 7.99. The molecule has 1 rings (SSSR count). The van der Waals surface area contributed by atoms with Crippen LogP contribution in [0, 0.1) is 11.8 Å². The van der Waals surface area contributed by atoms with E-state index in [0.29, 0.717) is 0 Å². The number of rotatable bonds is 10. The molecule has 0 saturated carbocycles. The third-order valence-electron chi connectivity index (χ3n) is 3.51. The van der Waals surface area contributed by atoms with Crippen molar-refractivity contribution in [3.8, 4) is 0 Å². The van der Waals surface area contributed by atoms with Crippen molar-refractivity contribution in [3.63, 3.8) is 0 Å². The topological polar surface area (TPSA) is 148 Å². The van der Waals surface area contributed by atoms with Crippen LogP contribution in [-0.2, 0) is 30.6 Å². The molecule has 9 nitrogen and oxygen atoms in total. The molecule has 0 aliphatic heterocycles. The highest BCUT2D eigenvalue weighted by atomic mass is 16.6. The van der Waals surface area contributed by atoms with Crippen molar-refractivity contribution in [2.24, 2.45) is 17.6 Å². The first kappa shape index (κ1) is 21.1. The number of carboxylic acids is 1. The summed E-state index contributed by atoms with van der Waals surface area (Å²) >= 11 is 0. The molecule has 1 unspecified atom stereocenters. The second-order valence-corrected chi connectivity index (χ2v) is 6.03. The number of carbonyl (C=O) groups is 4. The van der Waals surface area contributed by atoms with Gasteiger partial charge >= 0.3 is 5.97 Å². The standard InChI is InChI=1S/C17H23N3O6/c1-10(2)14(15(22)19-12(17(24)25)8-13(18)21)16(23)20-26-9-11-6-4-3-5-7-11/h3-7,10,12,14H,8-9H2,1-2H3,(H2,18,21)(H,19,22)(H,20,23)(H,24,25)/t12-,14?/m0/s1. The SMILES string of the molecule is CC(C)C(C(=O)NOCc1ccccc1)C(=O)N[C@@H](CC(N)=O)C(=O)O. The molecular weight excluding hydrogens is 342 g/mol. The van der Waals surface area contributed by atoms with Crippen molar-refractivity contribution in [1.29, 1.82) is 0 Å². The summed E-state index contributed by atoms with van der Waals surface area (Å²) in [6, 6.07) is 7.58. The number of hydroxylamine groups is 1. The predicted molar refractivity (Wildman–Crippen MR) is 91.1 cm³/mol. The predicted octanol–water partition coefficient (Wildman–Crippen LogP) is -0.0486. The Balaban J connectivity index is 2.67. The lowest BCUT2D eigenvalue weighted by molar-refractivity contribution is -0.149. The number of carboxylic acid groups (broad SMARTS) is 1. The monoisotopic (exact) mass is 365 g/mol. The van der Waals surface area contributed by atoms with E-state index in [-0.39, 0.29) is 6.61 Å². The number of hydrogen-bond donors (Lipinski definition) is 4. The minimum Gasteiger partial charge on any atom is -0.480 e. The Hall–Kier alpha value is -2.94. The molecule has 5 N–H and O–H groups in total. The van der Waals surface area contributed by atoms with Gasteiger partial charge in [0.1, 0.15) is 12.0 Å². The molecule has 3 amide bonds. The van der Waals surface area contributed by atoms with Crippen molar-refractivity contribution in [1.82, 2.24) is 10.8 Å². The largest absolute Gasteiger partial charge is 0.480 e. The first-order valence-corrected chi connectivity index (χ1v) is 7.99. The van der Waals surface area contributed by atoms with Gasteiger partial charge in [0.05, 0.1) is 13.0 Å². The highest BCUT2D eigenvalue weighted by Crippen LogP contribution is 2.12. The fourth-order valence-electron chi connectivity index (χ4n) is 2.22. The van der Waals surface area contributed by atoms with Crippen LogP contribution in [0.3, 0.4) is 0 Å². The molecule has 1 aromatic rings. The van der Waals surface area contributed by atoms with E-state index in [4.69, 9.17) is 15.7 Å². The maximum absolute atomic E-state index is 12.3. The molecule has 2 atom stereocenters. The van der Waals surface area contributed by atoms with Crippen LogP contribution in [0.5, 0.6) is 0 Å². The fraction of sp³-hybridized carbons (Fsp3) is 0.412. The zero-order valence-corrected chi connectivity index (χ0v) is 14.6. The molecule has 0 spiro atoms. The summed E-state index contributed by atoms with van der Waals surface area (Å²) < 4.78 is 0. The molecule has 0 aromatic heterocycles. The number of nitrogens with two attached hydrogens (primary N) is 1. The van der Waals surface area contributed by atoms with Gasteiger partial charge in [0.2, 0.25) is 11.8 Å². The van der Waals surface area contributed by atoms with Gasteiger partial charge in [-0.05, 0) is 11.5 Å².